The number of benzene rings is 2. The Bertz CT molecular complexity index is 1940. The molecule has 9 nitrogen and oxygen atoms in total. The third-order valence-electron chi connectivity index (χ3n) is 5.81. The Hall–Kier alpha value is -4.95. The summed E-state index contributed by atoms with van der Waals surface area (Å²) in [5, 5.41) is 13.9. The van der Waals surface area contributed by atoms with Crippen LogP contribution < -0.4 is 5.56 Å². The zero-order valence-electron chi connectivity index (χ0n) is 18.6. The standard InChI is InChI=1S/C25H12ClF2N7O2/c26-17-6-7-19-21(16(17)10-29)34(11-14-3-1-2-8-30-14)25(36)22-20(31-12-35(19)22)23-32-24(37-33-23)15-5-4-13(27)9-18(15)28/h1-9,12H,11H2. The molecule has 0 aliphatic rings. The topological polar surface area (TPSA) is 115 Å². The first-order valence-electron chi connectivity index (χ1n) is 10.8. The largest absolute Gasteiger partial charge is 0.333 e. The summed E-state index contributed by atoms with van der Waals surface area (Å²) in [5.74, 6) is -1.91. The van der Waals surface area contributed by atoms with Crippen LogP contribution in [0.2, 0.25) is 5.02 Å². The van der Waals surface area contributed by atoms with Gasteiger partial charge >= 0.3 is 0 Å². The van der Waals surface area contributed by atoms with Crippen molar-refractivity contribution in [2.45, 2.75) is 6.54 Å². The number of imidazole rings is 1. The Morgan fingerprint density at radius 3 is 2.70 bits per heavy atom. The quantitative estimate of drug-likeness (QED) is 0.336. The molecular weight excluding hydrogens is 504 g/mol. The summed E-state index contributed by atoms with van der Waals surface area (Å²) in [5.41, 5.74) is 1.06. The van der Waals surface area contributed by atoms with E-state index in [2.05, 4.69) is 26.2 Å². The number of pyridine rings is 1. The van der Waals surface area contributed by atoms with Crippen molar-refractivity contribution in [3.05, 3.63) is 99.3 Å². The van der Waals surface area contributed by atoms with Gasteiger partial charge in [-0.1, -0.05) is 22.8 Å². The van der Waals surface area contributed by atoms with Gasteiger partial charge in [0, 0.05) is 12.3 Å². The Labute approximate surface area is 210 Å². The van der Waals surface area contributed by atoms with E-state index in [-0.39, 0.29) is 45.6 Å². The molecule has 6 rings (SSSR count). The van der Waals surface area contributed by atoms with Crippen molar-refractivity contribution >= 4 is 28.2 Å². The van der Waals surface area contributed by atoms with E-state index in [1.165, 1.54) is 21.4 Å². The van der Waals surface area contributed by atoms with Gasteiger partial charge in [0.1, 0.15) is 35.2 Å². The average Bonchev–Trinajstić information content (AvgIpc) is 3.55. The number of hydrogen-bond donors (Lipinski definition) is 0. The molecule has 0 fully saturated rings. The van der Waals surface area contributed by atoms with Crippen LogP contribution in [0.1, 0.15) is 11.3 Å². The van der Waals surface area contributed by atoms with Crippen molar-refractivity contribution in [1.29, 1.82) is 5.26 Å². The minimum absolute atomic E-state index is 0.0462. The van der Waals surface area contributed by atoms with E-state index >= 15 is 0 Å². The van der Waals surface area contributed by atoms with Gasteiger partial charge in [0.2, 0.25) is 5.82 Å². The lowest BCUT2D eigenvalue weighted by atomic mass is 10.1. The molecule has 0 spiro atoms. The first-order valence-corrected chi connectivity index (χ1v) is 11.2. The Kier molecular flexibility index (Phi) is 5.24. The first-order chi connectivity index (χ1) is 18.0. The highest BCUT2D eigenvalue weighted by Gasteiger charge is 2.24. The molecule has 0 aliphatic carbocycles. The fourth-order valence-corrected chi connectivity index (χ4v) is 4.35. The summed E-state index contributed by atoms with van der Waals surface area (Å²) in [7, 11) is 0. The monoisotopic (exact) mass is 515 g/mol. The number of nitrogens with zero attached hydrogens (tertiary/aromatic N) is 7. The van der Waals surface area contributed by atoms with E-state index < -0.39 is 17.2 Å². The predicted molar refractivity (Wildman–Crippen MR) is 129 cm³/mol. The molecule has 0 amide bonds. The van der Waals surface area contributed by atoms with Crippen LogP contribution in [-0.4, -0.2) is 29.1 Å². The van der Waals surface area contributed by atoms with E-state index in [0.717, 1.165) is 6.07 Å². The molecule has 12 heteroatoms. The normalized spacial score (nSPS) is 11.3. The molecule has 0 N–H and O–H groups in total. The Morgan fingerprint density at radius 1 is 1.08 bits per heavy atom. The van der Waals surface area contributed by atoms with Gasteiger partial charge in [-0.3, -0.25) is 18.7 Å². The average molecular weight is 516 g/mol. The molecule has 37 heavy (non-hydrogen) atoms. The SMILES string of the molecule is N#Cc1c(Cl)ccc2c1n(Cc1ccccn1)c(=O)c1c(-c3noc(-c4ccc(F)cc4F)n3)ncn12. The minimum Gasteiger partial charge on any atom is -0.333 e. The van der Waals surface area contributed by atoms with Crippen LogP contribution in [0.5, 0.6) is 0 Å². The fourth-order valence-electron chi connectivity index (χ4n) is 4.15. The van der Waals surface area contributed by atoms with E-state index in [1.807, 2.05) is 0 Å². The lowest BCUT2D eigenvalue weighted by Gasteiger charge is -2.14. The van der Waals surface area contributed by atoms with E-state index in [4.69, 9.17) is 16.1 Å². The number of nitriles is 1. The molecule has 0 radical (unpaired) electrons. The first kappa shape index (κ1) is 22.5. The molecule has 6 aromatic rings. The second-order valence-corrected chi connectivity index (χ2v) is 8.38. The van der Waals surface area contributed by atoms with Crippen molar-refractivity contribution in [3.8, 4) is 29.0 Å². The maximum Gasteiger partial charge on any atom is 0.278 e. The van der Waals surface area contributed by atoms with Gasteiger partial charge in [0.15, 0.2) is 0 Å². The second-order valence-electron chi connectivity index (χ2n) is 7.97. The van der Waals surface area contributed by atoms with Gasteiger partial charge < -0.3 is 4.52 Å². The van der Waals surface area contributed by atoms with Gasteiger partial charge in [-0.05, 0) is 36.4 Å². The zero-order valence-corrected chi connectivity index (χ0v) is 19.3. The summed E-state index contributed by atoms with van der Waals surface area (Å²) >= 11 is 6.30. The molecule has 0 unspecified atom stereocenters. The lowest BCUT2D eigenvalue weighted by molar-refractivity contribution is 0.429. The Morgan fingerprint density at radius 2 is 1.95 bits per heavy atom. The summed E-state index contributed by atoms with van der Waals surface area (Å²) in [6.45, 7) is 0.0462. The van der Waals surface area contributed by atoms with Crippen LogP contribution in [0.4, 0.5) is 8.78 Å². The molecule has 4 aromatic heterocycles. The number of halogens is 3. The van der Waals surface area contributed by atoms with Crippen molar-refractivity contribution < 1.29 is 13.3 Å². The maximum absolute atomic E-state index is 14.3. The zero-order chi connectivity index (χ0) is 25.7. The summed E-state index contributed by atoms with van der Waals surface area (Å²) in [6.07, 6.45) is 2.99. The van der Waals surface area contributed by atoms with Gasteiger partial charge in [-0.25, -0.2) is 13.8 Å². The fraction of sp³-hybridized carbons (Fsp3) is 0.0400. The van der Waals surface area contributed by atoms with Crippen LogP contribution >= 0.6 is 11.6 Å². The maximum atomic E-state index is 14.3. The predicted octanol–water partition coefficient (Wildman–Crippen LogP) is 4.61. The third kappa shape index (κ3) is 3.62. The van der Waals surface area contributed by atoms with Crippen LogP contribution in [0.3, 0.4) is 0 Å². The highest BCUT2D eigenvalue weighted by atomic mass is 35.5. The molecule has 0 saturated carbocycles. The molecule has 0 bridgehead atoms. The molecule has 0 saturated heterocycles. The van der Waals surface area contributed by atoms with Crippen molar-refractivity contribution in [1.82, 2.24) is 29.1 Å². The van der Waals surface area contributed by atoms with E-state index in [0.29, 0.717) is 22.8 Å². The smallest absolute Gasteiger partial charge is 0.278 e. The highest BCUT2D eigenvalue weighted by Crippen LogP contribution is 2.30. The molecular formula is C25H12ClF2N7O2. The van der Waals surface area contributed by atoms with Crippen molar-refractivity contribution in [3.63, 3.8) is 0 Å². The number of fused-ring (bicyclic) bond motifs is 3. The second kappa shape index (κ2) is 8.61. The van der Waals surface area contributed by atoms with Gasteiger partial charge in [-0.15, -0.1) is 0 Å². The summed E-state index contributed by atoms with van der Waals surface area (Å²) in [6, 6.07) is 13.5. The van der Waals surface area contributed by atoms with Crippen LogP contribution in [0, 0.1) is 23.0 Å². The van der Waals surface area contributed by atoms with E-state index in [1.54, 1.807) is 36.5 Å². The van der Waals surface area contributed by atoms with Crippen LogP contribution in [-0.2, 0) is 6.54 Å². The number of rotatable bonds is 4. The summed E-state index contributed by atoms with van der Waals surface area (Å²) < 4.78 is 35.7. The minimum atomic E-state index is -0.880. The lowest BCUT2D eigenvalue weighted by Crippen LogP contribution is -2.25. The molecule has 4 heterocycles. The van der Waals surface area contributed by atoms with Gasteiger partial charge in [0.05, 0.1) is 39.4 Å². The summed E-state index contributed by atoms with van der Waals surface area (Å²) in [4.78, 5) is 26.7. The molecule has 180 valence electrons. The highest BCUT2D eigenvalue weighted by molar-refractivity contribution is 6.32. The molecule has 2 aromatic carbocycles. The number of hydrogen-bond acceptors (Lipinski definition) is 7. The Balaban J connectivity index is 1.61. The molecule has 0 aliphatic heterocycles. The third-order valence-corrected chi connectivity index (χ3v) is 6.12. The van der Waals surface area contributed by atoms with Crippen LogP contribution in [0.25, 0.3) is 39.5 Å². The molecule has 0 atom stereocenters. The van der Waals surface area contributed by atoms with E-state index in [9.17, 15) is 18.8 Å². The number of aromatic nitrogens is 6. The van der Waals surface area contributed by atoms with Gasteiger partial charge in [0.25, 0.3) is 11.4 Å². The van der Waals surface area contributed by atoms with Gasteiger partial charge in [-0.2, -0.15) is 10.2 Å². The van der Waals surface area contributed by atoms with Crippen LogP contribution in [0.15, 0.2) is 70.4 Å². The van der Waals surface area contributed by atoms with Crippen molar-refractivity contribution in [2.24, 2.45) is 0 Å². The van der Waals surface area contributed by atoms with Crippen molar-refractivity contribution in [2.75, 3.05) is 0 Å².